The molecule has 0 fully saturated rings. The molecule has 0 amide bonds. The molecule has 1 aromatic carbocycles. The van der Waals surface area contributed by atoms with Gasteiger partial charge in [-0.15, -0.1) is 11.3 Å². The lowest BCUT2D eigenvalue weighted by atomic mass is 10.1. The maximum Gasteiger partial charge on any atom is 0.195 e. The van der Waals surface area contributed by atoms with Gasteiger partial charge in [-0.3, -0.25) is 4.79 Å². The second kappa shape index (κ2) is 3.87. The molecule has 0 atom stereocenters. The van der Waals surface area contributed by atoms with Gasteiger partial charge in [0.15, 0.2) is 5.78 Å². The number of rotatable bonds is 2. The average molecular weight is 217 g/mol. The van der Waals surface area contributed by atoms with E-state index >= 15 is 0 Å². The van der Waals surface area contributed by atoms with Gasteiger partial charge in [-0.2, -0.15) is 0 Å². The number of anilines is 1. The molecule has 2 nitrogen and oxygen atoms in total. The molecule has 0 aliphatic rings. The zero-order valence-corrected chi connectivity index (χ0v) is 9.17. The Morgan fingerprint density at radius 1 is 1.27 bits per heavy atom. The summed E-state index contributed by atoms with van der Waals surface area (Å²) in [6.07, 6.45) is 0. The quantitative estimate of drug-likeness (QED) is 0.786. The summed E-state index contributed by atoms with van der Waals surface area (Å²) in [4.78, 5) is 13.1. The molecule has 15 heavy (non-hydrogen) atoms. The number of thiophene rings is 1. The fourth-order valence-corrected chi connectivity index (χ4v) is 2.24. The smallest absolute Gasteiger partial charge is 0.195 e. The van der Waals surface area contributed by atoms with E-state index in [4.69, 9.17) is 5.73 Å². The maximum absolute atomic E-state index is 12.0. The first-order valence-corrected chi connectivity index (χ1v) is 5.46. The van der Waals surface area contributed by atoms with Crippen molar-refractivity contribution < 1.29 is 4.79 Å². The summed E-state index contributed by atoms with van der Waals surface area (Å²) >= 11 is 1.45. The van der Waals surface area contributed by atoms with Crippen LogP contribution in [0.3, 0.4) is 0 Å². The molecule has 0 saturated heterocycles. The van der Waals surface area contributed by atoms with Crippen LogP contribution in [-0.2, 0) is 0 Å². The van der Waals surface area contributed by atoms with E-state index in [9.17, 15) is 4.79 Å². The summed E-state index contributed by atoms with van der Waals surface area (Å²) in [6.45, 7) is 1.95. The van der Waals surface area contributed by atoms with Gasteiger partial charge in [0, 0.05) is 10.4 Å². The second-order valence-corrected chi connectivity index (χ2v) is 4.62. The molecular weight excluding hydrogens is 206 g/mol. The van der Waals surface area contributed by atoms with Crippen molar-refractivity contribution in [2.24, 2.45) is 0 Å². The van der Waals surface area contributed by atoms with Crippen LogP contribution in [0.2, 0.25) is 0 Å². The van der Waals surface area contributed by atoms with Gasteiger partial charge in [0.2, 0.25) is 0 Å². The molecular formula is C12H11NOS. The lowest BCUT2D eigenvalue weighted by molar-refractivity contribution is 0.104. The summed E-state index contributed by atoms with van der Waals surface area (Å²) < 4.78 is 0. The van der Waals surface area contributed by atoms with Gasteiger partial charge in [-0.1, -0.05) is 30.3 Å². The molecule has 1 heterocycles. The normalized spacial score (nSPS) is 10.2. The number of hydrogen-bond donors (Lipinski definition) is 1. The third-order valence-corrected chi connectivity index (χ3v) is 3.04. The highest BCUT2D eigenvalue weighted by Crippen LogP contribution is 2.26. The SMILES string of the molecule is Cc1cc(C(=O)c2ccccc2)c(N)s1. The van der Waals surface area contributed by atoms with Crippen LogP contribution >= 0.6 is 11.3 Å². The lowest BCUT2D eigenvalue weighted by Gasteiger charge is -1.98. The summed E-state index contributed by atoms with van der Waals surface area (Å²) in [5.41, 5.74) is 7.07. The Labute approximate surface area is 92.4 Å². The number of hydrogen-bond acceptors (Lipinski definition) is 3. The van der Waals surface area contributed by atoms with Crippen molar-refractivity contribution in [2.75, 3.05) is 5.73 Å². The molecule has 0 bridgehead atoms. The van der Waals surface area contributed by atoms with Crippen LogP contribution < -0.4 is 5.73 Å². The van der Waals surface area contributed by atoms with Crippen molar-refractivity contribution >= 4 is 22.1 Å². The maximum atomic E-state index is 12.0. The first-order chi connectivity index (χ1) is 7.18. The summed E-state index contributed by atoms with van der Waals surface area (Å²) in [6, 6.07) is 11.0. The minimum absolute atomic E-state index is 0.00236. The molecule has 0 spiro atoms. The molecule has 0 radical (unpaired) electrons. The number of carbonyl (C=O) groups excluding carboxylic acids is 1. The van der Waals surface area contributed by atoms with E-state index in [-0.39, 0.29) is 5.78 Å². The third kappa shape index (κ3) is 1.92. The van der Waals surface area contributed by atoms with Crippen molar-refractivity contribution in [3.05, 3.63) is 52.4 Å². The highest BCUT2D eigenvalue weighted by atomic mass is 32.1. The van der Waals surface area contributed by atoms with E-state index in [0.29, 0.717) is 16.1 Å². The zero-order chi connectivity index (χ0) is 10.8. The van der Waals surface area contributed by atoms with Crippen LogP contribution in [0.25, 0.3) is 0 Å². The van der Waals surface area contributed by atoms with Crippen LogP contribution in [0.1, 0.15) is 20.8 Å². The van der Waals surface area contributed by atoms with E-state index in [1.54, 1.807) is 12.1 Å². The average Bonchev–Trinajstić information content (AvgIpc) is 2.58. The summed E-state index contributed by atoms with van der Waals surface area (Å²) in [5, 5.41) is 0.598. The number of benzene rings is 1. The Balaban J connectivity index is 2.41. The number of nitrogen functional groups attached to an aromatic ring is 1. The number of nitrogens with two attached hydrogens (primary N) is 1. The fraction of sp³-hybridized carbons (Fsp3) is 0.0833. The van der Waals surface area contributed by atoms with Crippen LogP contribution in [0.15, 0.2) is 36.4 Å². The predicted octanol–water partition coefficient (Wildman–Crippen LogP) is 2.87. The lowest BCUT2D eigenvalue weighted by Crippen LogP contribution is -2.01. The molecule has 0 unspecified atom stereocenters. The van der Waals surface area contributed by atoms with Crippen molar-refractivity contribution in [1.82, 2.24) is 0 Å². The Morgan fingerprint density at radius 3 is 2.47 bits per heavy atom. The van der Waals surface area contributed by atoms with Gasteiger partial charge in [-0.05, 0) is 13.0 Å². The van der Waals surface area contributed by atoms with Gasteiger partial charge >= 0.3 is 0 Å². The molecule has 2 N–H and O–H groups in total. The molecule has 2 rings (SSSR count). The molecule has 76 valence electrons. The Bertz CT molecular complexity index is 488. The Hall–Kier alpha value is -1.61. The van der Waals surface area contributed by atoms with Crippen molar-refractivity contribution in [1.29, 1.82) is 0 Å². The largest absolute Gasteiger partial charge is 0.390 e. The van der Waals surface area contributed by atoms with E-state index in [2.05, 4.69) is 0 Å². The Morgan fingerprint density at radius 2 is 1.93 bits per heavy atom. The van der Waals surface area contributed by atoms with Crippen LogP contribution in [-0.4, -0.2) is 5.78 Å². The standard InChI is InChI=1S/C12H11NOS/c1-8-7-10(12(13)15-8)11(14)9-5-3-2-4-6-9/h2-7H,13H2,1H3. The minimum Gasteiger partial charge on any atom is -0.390 e. The molecule has 0 saturated carbocycles. The first kappa shape index (κ1) is 9.93. The number of aryl methyl sites for hydroxylation is 1. The first-order valence-electron chi connectivity index (χ1n) is 4.64. The van der Waals surface area contributed by atoms with Gasteiger partial charge in [-0.25, -0.2) is 0 Å². The van der Waals surface area contributed by atoms with E-state index < -0.39 is 0 Å². The topological polar surface area (TPSA) is 43.1 Å². The number of carbonyl (C=O) groups is 1. The van der Waals surface area contributed by atoms with Crippen molar-refractivity contribution in [2.45, 2.75) is 6.92 Å². The molecule has 1 aromatic heterocycles. The van der Waals surface area contributed by atoms with E-state index in [0.717, 1.165) is 4.88 Å². The van der Waals surface area contributed by atoms with Gasteiger partial charge in [0.25, 0.3) is 0 Å². The number of ketones is 1. The van der Waals surface area contributed by atoms with Crippen LogP contribution in [0.5, 0.6) is 0 Å². The predicted molar refractivity (Wildman–Crippen MR) is 63.3 cm³/mol. The molecule has 0 aliphatic heterocycles. The highest BCUT2D eigenvalue weighted by Gasteiger charge is 2.13. The molecule has 2 aromatic rings. The third-order valence-electron chi connectivity index (χ3n) is 2.16. The zero-order valence-electron chi connectivity index (χ0n) is 8.36. The minimum atomic E-state index is -0.00236. The summed E-state index contributed by atoms with van der Waals surface area (Å²) in [5.74, 6) is -0.00236. The van der Waals surface area contributed by atoms with E-state index in [1.165, 1.54) is 11.3 Å². The Kier molecular flexibility index (Phi) is 2.56. The molecule has 0 aliphatic carbocycles. The van der Waals surface area contributed by atoms with Gasteiger partial charge in [0.05, 0.1) is 10.6 Å². The monoisotopic (exact) mass is 217 g/mol. The summed E-state index contributed by atoms with van der Waals surface area (Å²) in [7, 11) is 0. The van der Waals surface area contributed by atoms with Crippen molar-refractivity contribution in [3.63, 3.8) is 0 Å². The van der Waals surface area contributed by atoms with E-state index in [1.807, 2.05) is 31.2 Å². The van der Waals surface area contributed by atoms with Gasteiger partial charge in [0.1, 0.15) is 0 Å². The highest BCUT2D eigenvalue weighted by molar-refractivity contribution is 7.16. The van der Waals surface area contributed by atoms with Crippen LogP contribution in [0.4, 0.5) is 5.00 Å². The van der Waals surface area contributed by atoms with Gasteiger partial charge < -0.3 is 5.73 Å². The molecule has 3 heteroatoms. The van der Waals surface area contributed by atoms with Crippen molar-refractivity contribution in [3.8, 4) is 0 Å². The second-order valence-electron chi connectivity index (χ2n) is 3.33. The van der Waals surface area contributed by atoms with Crippen LogP contribution in [0, 0.1) is 6.92 Å². The fourth-order valence-electron chi connectivity index (χ4n) is 1.45.